The largest absolute Gasteiger partial charge is 0.406 e. The molecule has 2 aromatic rings. The van der Waals surface area contributed by atoms with Gasteiger partial charge in [-0.05, 0) is 55.9 Å². The monoisotopic (exact) mass is 480 g/mol. The molecule has 0 bridgehead atoms. The number of alkyl halides is 6. The number of hydrogen-bond donors (Lipinski definition) is 1. The Hall–Kier alpha value is -2.07. The van der Waals surface area contributed by atoms with Crippen molar-refractivity contribution >= 4 is 9.84 Å². The zero-order valence-electron chi connectivity index (χ0n) is 17.0. The van der Waals surface area contributed by atoms with Gasteiger partial charge in [0.2, 0.25) is 0 Å². The van der Waals surface area contributed by atoms with Crippen LogP contribution in [-0.2, 0) is 20.0 Å². The molecule has 1 fully saturated rings. The molecular weight excluding hydrogens is 458 g/mol. The Bertz CT molecular complexity index is 1020. The highest BCUT2D eigenvalue weighted by molar-refractivity contribution is 7.92. The Kier molecular flexibility index (Phi) is 6.19. The van der Waals surface area contributed by atoms with Crippen molar-refractivity contribution in [2.45, 2.75) is 66.1 Å². The van der Waals surface area contributed by atoms with Crippen molar-refractivity contribution < 1.29 is 39.9 Å². The van der Waals surface area contributed by atoms with Crippen LogP contribution in [0.2, 0.25) is 0 Å². The molecule has 1 N–H and O–H groups in total. The van der Waals surface area contributed by atoms with Crippen molar-refractivity contribution in [2.24, 2.45) is 0 Å². The molecule has 0 aromatic heterocycles. The lowest BCUT2D eigenvalue weighted by Gasteiger charge is -2.39. The molecule has 176 valence electrons. The van der Waals surface area contributed by atoms with Gasteiger partial charge in [0.1, 0.15) is 4.75 Å². The highest BCUT2D eigenvalue weighted by Crippen LogP contribution is 2.53. The number of hydrogen-bond acceptors (Lipinski definition) is 3. The van der Waals surface area contributed by atoms with Gasteiger partial charge in [0, 0.05) is 0 Å². The van der Waals surface area contributed by atoms with Gasteiger partial charge in [-0.15, -0.1) is 0 Å². The lowest BCUT2D eigenvalue weighted by atomic mass is 9.78. The summed E-state index contributed by atoms with van der Waals surface area (Å²) in [4.78, 5) is -0.00381. The summed E-state index contributed by atoms with van der Waals surface area (Å²) in [5, 5.41) is 9.91. The maximum absolute atomic E-state index is 13.6. The molecule has 0 unspecified atom stereocenters. The quantitative estimate of drug-likeness (QED) is 0.574. The average molecular weight is 480 g/mol. The fourth-order valence-corrected chi connectivity index (χ4v) is 6.39. The van der Waals surface area contributed by atoms with E-state index >= 15 is 0 Å². The van der Waals surface area contributed by atoms with Crippen LogP contribution in [0.3, 0.4) is 0 Å². The number of rotatable bonds is 4. The SMILES string of the molecule is CC(c1ccc(C2(S(=O)(=O)c3ccccc3)CCC(O)CC2)cc1)(C(F)(F)F)C(F)(F)F. The number of halogens is 6. The summed E-state index contributed by atoms with van der Waals surface area (Å²) < 4.78 is 106. The maximum atomic E-state index is 13.6. The zero-order valence-corrected chi connectivity index (χ0v) is 17.9. The van der Waals surface area contributed by atoms with Gasteiger partial charge in [-0.3, -0.25) is 0 Å². The van der Waals surface area contributed by atoms with Crippen molar-refractivity contribution in [3.63, 3.8) is 0 Å². The van der Waals surface area contributed by atoms with Crippen LogP contribution in [0.25, 0.3) is 0 Å². The maximum Gasteiger partial charge on any atom is 0.406 e. The summed E-state index contributed by atoms with van der Waals surface area (Å²) in [6.07, 6.45) is -11.7. The molecule has 0 heterocycles. The van der Waals surface area contributed by atoms with Crippen LogP contribution in [0.4, 0.5) is 26.3 Å². The van der Waals surface area contributed by atoms with Gasteiger partial charge in [-0.1, -0.05) is 42.5 Å². The van der Waals surface area contributed by atoms with Crippen LogP contribution in [0, 0.1) is 0 Å². The minimum Gasteiger partial charge on any atom is -0.393 e. The van der Waals surface area contributed by atoms with Crippen LogP contribution >= 0.6 is 0 Å². The second kappa shape index (κ2) is 8.06. The normalized spacial score (nSPS) is 23.2. The van der Waals surface area contributed by atoms with Crippen molar-refractivity contribution in [1.82, 2.24) is 0 Å². The first kappa shape index (κ1) is 24.6. The van der Waals surface area contributed by atoms with E-state index in [1.165, 1.54) is 24.3 Å². The lowest BCUT2D eigenvalue weighted by molar-refractivity contribution is -0.297. The Balaban J connectivity index is 2.15. The van der Waals surface area contributed by atoms with Gasteiger partial charge in [-0.2, -0.15) is 26.3 Å². The van der Waals surface area contributed by atoms with E-state index in [-0.39, 0.29) is 43.1 Å². The van der Waals surface area contributed by atoms with Crippen LogP contribution in [-0.4, -0.2) is 32.0 Å². The van der Waals surface area contributed by atoms with Crippen LogP contribution in [0.1, 0.15) is 43.7 Å². The predicted octanol–water partition coefficient (Wildman–Crippen LogP) is 5.67. The molecule has 0 aliphatic heterocycles. The lowest BCUT2D eigenvalue weighted by Crippen LogP contribution is -2.51. The third-order valence-electron chi connectivity index (χ3n) is 6.45. The van der Waals surface area contributed by atoms with Gasteiger partial charge >= 0.3 is 12.4 Å². The molecule has 0 amide bonds. The van der Waals surface area contributed by atoms with Crippen molar-refractivity contribution in [1.29, 1.82) is 0 Å². The van der Waals surface area contributed by atoms with E-state index in [2.05, 4.69) is 0 Å². The van der Waals surface area contributed by atoms with Crippen LogP contribution < -0.4 is 0 Å². The summed E-state index contributed by atoms with van der Waals surface area (Å²) >= 11 is 0. The fourth-order valence-electron chi connectivity index (χ4n) is 4.20. The van der Waals surface area contributed by atoms with Gasteiger partial charge in [-0.25, -0.2) is 8.42 Å². The van der Waals surface area contributed by atoms with E-state index in [0.29, 0.717) is 12.1 Å². The molecule has 0 saturated heterocycles. The van der Waals surface area contributed by atoms with E-state index in [9.17, 15) is 39.9 Å². The summed E-state index contributed by atoms with van der Waals surface area (Å²) in [6, 6.07) is 10.9. The van der Waals surface area contributed by atoms with Gasteiger partial charge in [0.25, 0.3) is 0 Å². The molecule has 3 nitrogen and oxygen atoms in total. The molecule has 2 aromatic carbocycles. The Morgan fingerprint density at radius 3 is 1.75 bits per heavy atom. The molecular formula is C22H22F6O3S. The molecule has 3 rings (SSSR count). The first-order chi connectivity index (χ1) is 14.7. The molecule has 1 saturated carbocycles. The molecule has 1 aliphatic rings. The number of benzene rings is 2. The zero-order chi connectivity index (χ0) is 24.0. The van der Waals surface area contributed by atoms with E-state index in [0.717, 1.165) is 12.1 Å². The standard InChI is InChI=1S/C22H22F6O3S/c1-19(21(23,24)25,22(26,27)28)15-7-9-16(10-8-15)20(13-11-17(29)12-14-20)32(30,31)18-5-3-2-4-6-18/h2-10,17,29H,11-14H2,1H3. The highest BCUT2D eigenvalue weighted by atomic mass is 32.2. The third-order valence-corrected chi connectivity index (χ3v) is 9.02. The summed E-state index contributed by atoms with van der Waals surface area (Å²) in [5.41, 5.74) is -5.03. The predicted molar refractivity (Wildman–Crippen MR) is 106 cm³/mol. The third kappa shape index (κ3) is 3.81. The Morgan fingerprint density at radius 1 is 0.844 bits per heavy atom. The van der Waals surface area contributed by atoms with E-state index < -0.39 is 44.0 Å². The summed E-state index contributed by atoms with van der Waals surface area (Å²) in [5.74, 6) is 0. The smallest absolute Gasteiger partial charge is 0.393 e. The van der Waals surface area contributed by atoms with Crippen LogP contribution in [0.5, 0.6) is 0 Å². The molecule has 0 radical (unpaired) electrons. The van der Waals surface area contributed by atoms with E-state index in [4.69, 9.17) is 0 Å². The van der Waals surface area contributed by atoms with Gasteiger partial charge < -0.3 is 5.11 Å². The van der Waals surface area contributed by atoms with E-state index in [1.807, 2.05) is 0 Å². The van der Waals surface area contributed by atoms with E-state index in [1.54, 1.807) is 6.07 Å². The Morgan fingerprint density at radius 2 is 1.31 bits per heavy atom. The second-order valence-corrected chi connectivity index (χ2v) is 10.5. The topological polar surface area (TPSA) is 54.4 Å². The first-order valence-electron chi connectivity index (χ1n) is 9.89. The minimum atomic E-state index is -5.60. The average Bonchev–Trinajstić information content (AvgIpc) is 2.73. The fraction of sp³-hybridized carbons (Fsp3) is 0.455. The molecule has 10 heteroatoms. The molecule has 0 atom stereocenters. The molecule has 0 spiro atoms. The minimum absolute atomic E-state index is 0.00381. The Labute approximate surface area is 182 Å². The number of aliphatic hydroxyl groups is 1. The number of sulfone groups is 1. The van der Waals surface area contributed by atoms with Gasteiger partial charge in [0.15, 0.2) is 15.3 Å². The molecule has 32 heavy (non-hydrogen) atoms. The summed E-state index contributed by atoms with van der Waals surface area (Å²) in [7, 11) is -4.06. The second-order valence-electron chi connectivity index (χ2n) is 8.24. The van der Waals surface area contributed by atoms with Crippen LogP contribution in [0.15, 0.2) is 59.5 Å². The highest BCUT2D eigenvalue weighted by Gasteiger charge is 2.68. The van der Waals surface area contributed by atoms with Crippen molar-refractivity contribution in [3.05, 3.63) is 65.7 Å². The summed E-state index contributed by atoms with van der Waals surface area (Å²) in [6.45, 7) is 0.0649. The van der Waals surface area contributed by atoms with Crippen molar-refractivity contribution in [3.8, 4) is 0 Å². The first-order valence-corrected chi connectivity index (χ1v) is 11.4. The molecule has 1 aliphatic carbocycles. The number of aliphatic hydroxyl groups excluding tert-OH is 1. The van der Waals surface area contributed by atoms with Crippen molar-refractivity contribution in [2.75, 3.05) is 0 Å². The van der Waals surface area contributed by atoms with Gasteiger partial charge in [0.05, 0.1) is 11.0 Å².